The van der Waals surface area contributed by atoms with E-state index < -0.39 is 0 Å². The summed E-state index contributed by atoms with van der Waals surface area (Å²) in [5.41, 5.74) is 6.95. The molecule has 2 nitrogen and oxygen atoms in total. The van der Waals surface area contributed by atoms with E-state index in [9.17, 15) is 5.11 Å². The van der Waals surface area contributed by atoms with Gasteiger partial charge < -0.3 is 10.8 Å². The van der Waals surface area contributed by atoms with Crippen LogP contribution in [-0.4, -0.2) is 18.3 Å². The van der Waals surface area contributed by atoms with Crippen molar-refractivity contribution in [2.75, 3.05) is 13.2 Å². The van der Waals surface area contributed by atoms with Gasteiger partial charge in [0.25, 0.3) is 0 Å². The number of benzene rings is 1. The second-order valence-electron chi connectivity index (χ2n) is 4.15. The van der Waals surface area contributed by atoms with Crippen LogP contribution in [0.1, 0.15) is 31.2 Å². The summed E-state index contributed by atoms with van der Waals surface area (Å²) in [6.07, 6.45) is 2.02. The van der Waals surface area contributed by atoms with Crippen LogP contribution in [0.3, 0.4) is 0 Å². The Labute approximate surface area is 106 Å². The highest BCUT2D eigenvalue weighted by atomic mass is 79.9. The summed E-state index contributed by atoms with van der Waals surface area (Å²) in [4.78, 5) is 0. The second-order valence-corrected chi connectivity index (χ2v) is 5.00. The highest BCUT2D eigenvalue weighted by Gasteiger charge is 2.17. The predicted octanol–water partition coefficient (Wildman–Crippen LogP) is 2.90. The summed E-state index contributed by atoms with van der Waals surface area (Å²) in [7, 11) is 0. The number of hydrogen-bond donors (Lipinski definition) is 2. The molecular formula is C13H20BrNO. The molecule has 3 N–H and O–H groups in total. The van der Waals surface area contributed by atoms with Gasteiger partial charge in [0.2, 0.25) is 0 Å². The molecule has 0 aliphatic heterocycles. The van der Waals surface area contributed by atoms with Gasteiger partial charge in [-0.2, -0.15) is 0 Å². The number of hydrogen-bond acceptors (Lipinski definition) is 2. The topological polar surface area (TPSA) is 46.2 Å². The van der Waals surface area contributed by atoms with E-state index in [1.165, 1.54) is 5.56 Å². The molecule has 2 unspecified atom stereocenters. The predicted molar refractivity (Wildman–Crippen MR) is 71.4 cm³/mol. The van der Waals surface area contributed by atoms with Gasteiger partial charge in [-0.3, -0.25) is 0 Å². The van der Waals surface area contributed by atoms with Crippen molar-refractivity contribution in [2.24, 2.45) is 11.7 Å². The normalized spacial score (nSPS) is 14.8. The Balaban J connectivity index is 2.78. The Hall–Kier alpha value is -0.380. The van der Waals surface area contributed by atoms with Crippen LogP contribution in [-0.2, 0) is 0 Å². The fourth-order valence-electron chi connectivity index (χ4n) is 1.97. The van der Waals surface area contributed by atoms with Crippen LogP contribution in [0.15, 0.2) is 28.7 Å². The van der Waals surface area contributed by atoms with Crippen LogP contribution in [0.2, 0.25) is 0 Å². The van der Waals surface area contributed by atoms with Crippen molar-refractivity contribution in [1.82, 2.24) is 0 Å². The second kappa shape index (κ2) is 7.05. The molecule has 0 aliphatic rings. The molecule has 90 valence electrons. The molecule has 1 aromatic carbocycles. The van der Waals surface area contributed by atoms with Crippen molar-refractivity contribution in [1.29, 1.82) is 0 Å². The first-order valence-electron chi connectivity index (χ1n) is 5.78. The zero-order valence-corrected chi connectivity index (χ0v) is 11.3. The summed E-state index contributed by atoms with van der Waals surface area (Å²) in [5, 5.41) is 9.19. The van der Waals surface area contributed by atoms with E-state index >= 15 is 0 Å². The van der Waals surface area contributed by atoms with Crippen LogP contribution in [0.25, 0.3) is 0 Å². The molecule has 1 rings (SSSR count). The Bertz CT molecular complexity index is 313. The molecule has 1 aromatic rings. The third-order valence-corrected chi connectivity index (χ3v) is 3.77. The first-order valence-corrected chi connectivity index (χ1v) is 6.57. The molecule has 0 heterocycles. The minimum atomic E-state index is 0.178. The first-order chi connectivity index (χ1) is 7.72. The quantitative estimate of drug-likeness (QED) is 0.844. The Morgan fingerprint density at radius 2 is 2.06 bits per heavy atom. The van der Waals surface area contributed by atoms with Crippen molar-refractivity contribution in [2.45, 2.75) is 25.7 Å². The number of nitrogens with two attached hydrogens (primary N) is 1. The van der Waals surface area contributed by atoms with E-state index in [4.69, 9.17) is 5.73 Å². The molecule has 16 heavy (non-hydrogen) atoms. The van der Waals surface area contributed by atoms with Gasteiger partial charge in [0.1, 0.15) is 0 Å². The summed E-state index contributed by atoms with van der Waals surface area (Å²) in [5.74, 6) is 0.674. The maximum absolute atomic E-state index is 9.19. The van der Waals surface area contributed by atoms with Gasteiger partial charge >= 0.3 is 0 Å². The van der Waals surface area contributed by atoms with Crippen molar-refractivity contribution >= 4 is 15.9 Å². The highest BCUT2D eigenvalue weighted by Crippen LogP contribution is 2.31. The summed E-state index contributed by atoms with van der Waals surface area (Å²) in [6, 6.07) is 8.28. The lowest BCUT2D eigenvalue weighted by Gasteiger charge is -2.21. The minimum absolute atomic E-state index is 0.178. The third-order valence-electron chi connectivity index (χ3n) is 3.05. The Morgan fingerprint density at radius 3 is 2.56 bits per heavy atom. The van der Waals surface area contributed by atoms with E-state index in [1.54, 1.807) is 0 Å². The smallest absolute Gasteiger partial charge is 0.0471 e. The summed E-state index contributed by atoms with van der Waals surface area (Å²) < 4.78 is 1.15. The standard InChI is InChI=1S/C13H20BrNO/c1-2-11(7-10(8-15)9-16)12-5-3-4-6-13(12)14/h3-6,10-11,16H,2,7-9,15H2,1H3. The van der Waals surface area contributed by atoms with Gasteiger partial charge in [0.15, 0.2) is 0 Å². The van der Waals surface area contributed by atoms with Gasteiger partial charge in [0.05, 0.1) is 0 Å². The van der Waals surface area contributed by atoms with E-state index in [0.717, 1.165) is 17.3 Å². The third kappa shape index (κ3) is 3.58. The van der Waals surface area contributed by atoms with E-state index in [-0.39, 0.29) is 12.5 Å². The molecule has 0 fully saturated rings. The molecular weight excluding hydrogens is 266 g/mol. The largest absolute Gasteiger partial charge is 0.396 e. The fraction of sp³-hybridized carbons (Fsp3) is 0.538. The molecule has 0 amide bonds. The molecule has 0 aromatic heterocycles. The maximum atomic E-state index is 9.19. The zero-order valence-electron chi connectivity index (χ0n) is 9.70. The lowest BCUT2D eigenvalue weighted by atomic mass is 9.87. The van der Waals surface area contributed by atoms with E-state index in [0.29, 0.717) is 12.5 Å². The van der Waals surface area contributed by atoms with Crippen LogP contribution < -0.4 is 5.73 Å². The maximum Gasteiger partial charge on any atom is 0.0471 e. The monoisotopic (exact) mass is 285 g/mol. The summed E-state index contributed by atoms with van der Waals surface area (Å²) in [6.45, 7) is 2.91. The van der Waals surface area contributed by atoms with Crippen molar-refractivity contribution in [3.63, 3.8) is 0 Å². The SMILES string of the molecule is CCC(CC(CN)CO)c1ccccc1Br. The lowest BCUT2D eigenvalue weighted by Crippen LogP contribution is -2.20. The van der Waals surface area contributed by atoms with Gasteiger partial charge in [0, 0.05) is 11.1 Å². The van der Waals surface area contributed by atoms with E-state index in [2.05, 4.69) is 41.1 Å². The van der Waals surface area contributed by atoms with Crippen LogP contribution >= 0.6 is 15.9 Å². The molecule has 2 atom stereocenters. The van der Waals surface area contributed by atoms with Crippen molar-refractivity contribution in [3.05, 3.63) is 34.3 Å². The minimum Gasteiger partial charge on any atom is -0.396 e. The zero-order chi connectivity index (χ0) is 12.0. The lowest BCUT2D eigenvalue weighted by molar-refractivity contribution is 0.214. The molecule has 3 heteroatoms. The van der Waals surface area contributed by atoms with Gasteiger partial charge in [-0.05, 0) is 42.9 Å². The highest BCUT2D eigenvalue weighted by molar-refractivity contribution is 9.10. The molecule has 0 bridgehead atoms. The molecule has 0 saturated carbocycles. The Morgan fingerprint density at radius 1 is 1.38 bits per heavy atom. The van der Waals surface area contributed by atoms with Crippen molar-refractivity contribution in [3.8, 4) is 0 Å². The molecule has 0 aliphatic carbocycles. The fourth-order valence-corrected chi connectivity index (χ4v) is 2.58. The molecule has 0 spiro atoms. The van der Waals surface area contributed by atoms with Gasteiger partial charge in [-0.25, -0.2) is 0 Å². The number of rotatable bonds is 6. The average molecular weight is 286 g/mol. The number of aliphatic hydroxyl groups excluding tert-OH is 1. The Kier molecular flexibility index (Phi) is 6.03. The van der Waals surface area contributed by atoms with Crippen LogP contribution in [0.4, 0.5) is 0 Å². The number of halogens is 1. The van der Waals surface area contributed by atoms with Gasteiger partial charge in [-0.1, -0.05) is 41.1 Å². The average Bonchev–Trinajstić information content (AvgIpc) is 2.32. The van der Waals surface area contributed by atoms with Gasteiger partial charge in [-0.15, -0.1) is 0 Å². The molecule has 0 radical (unpaired) electrons. The first kappa shape index (κ1) is 13.7. The number of aliphatic hydroxyl groups is 1. The van der Waals surface area contributed by atoms with Crippen LogP contribution in [0, 0.1) is 5.92 Å². The van der Waals surface area contributed by atoms with E-state index in [1.807, 2.05) is 6.07 Å². The van der Waals surface area contributed by atoms with Crippen molar-refractivity contribution < 1.29 is 5.11 Å². The van der Waals surface area contributed by atoms with Crippen LogP contribution in [0.5, 0.6) is 0 Å². The summed E-state index contributed by atoms with van der Waals surface area (Å²) >= 11 is 3.58. The molecule has 0 saturated heterocycles.